The highest BCUT2D eigenvalue weighted by Crippen LogP contribution is 2.26. The lowest BCUT2D eigenvalue weighted by molar-refractivity contribution is 0.252. The Kier molecular flexibility index (Phi) is 4.83. The molecule has 2 nitrogen and oxygen atoms in total. The van der Waals surface area contributed by atoms with Gasteiger partial charge in [0, 0.05) is 23.2 Å². The van der Waals surface area contributed by atoms with Gasteiger partial charge in [-0.15, -0.1) is 0 Å². The highest BCUT2D eigenvalue weighted by molar-refractivity contribution is 7.99. The van der Waals surface area contributed by atoms with Gasteiger partial charge in [-0.3, -0.25) is 0 Å². The second-order valence-corrected chi connectivity index (χ2v) is 5.71. The summed E-state index contributed by atoms with van der Waals surface area (Å²) in [5, 5.41) is 3.45. The molecule has 0 bridgehead atoms. The van der Waals surface area contributed by atoms with Gasteiger partial charge >= 0.3 is 0 Å². The highest BCUT2D eigenvalue weighted by Gasteiger charge is 2.16. The van der Waals surface area contributed by atoms with E-state index >= 15 is 0 Å². The van der Waals surface area contributed by atoms with Crippen LogP contribution in [0.4, 0.5) is 14.5 Å². The number of thioether (sulfide) groups is 1. The maximum Gasteiger partial charge on any atom is 0.288 e. The van der Waals surface area contributed by atoms with Gasteiger partial charge in [0.25, 0.3) is 5.76 Å². The van der Waals surface area contributed by atoms with Gasteiger partial charge in [0.15, 0.2) is 0 Å². The lowest BCUT2D eigenvalue weighted by Crippen LogP contribution is -2.39. The zero-order valence-electron chi connectivity index (χ0n) is 10.4. The van der Waals surface area contributed by atoms with Gasteiger partial charge in [0.1, 0.15) is 0 Å². The van der Waals surface area contributed by atoms with Crippen molar-refractivity contribution < 1.29 is 8.78 Å². The van der Waals surface area contributed by atoms with Gasteiger partial charge in [-0.25, -0.2) is 0 Å². The van der Waals surface area contributed by atoms with Crippen molar-refractivity contribution in [3.8, 4) is 0 Å². The molecule has 100 valence electrons. The Hall–Kier alpha value is -0.810. The van der Waals surface area contributed by atoms with E-state index in [1.807, 2.05) is 12.1 Å². The molecule has 1 aliphatic heterocycles. The van der Waals surface area contributed by atoms with Crippen molar-refractivity contribution in [2.45, 2.75) is 29.5 Å². The van der Waals surface area contributed by atoms with Gasteiger partial charge in [0.05, 0.1) is 0 Å². The lowest BCUT2D eigenvalue weighted by atomic mass is 10.1. The van der Waals surface area contributed by atoms with Crippen LogP contribution in [0.3, 0.4) is 0 Å². The monoisotopic (exact) mass is 272 g/mol. The molecule has 0 spiro atoms. The summed E-state index contributed by atoms with van der Waals surface area (Å²) in [7, 11) is 2.12. The average Bonchev–Trinajstić information content (AvgIpc) is 2.31. The summed E-state index contributed by atoms with van der Waals surface area (Å²) in [4.78, 5) is 2.92. The van der Waals surface area contributed by atoms with E-state index < -0.39 is 5.76 Å². The number of likely N-dealkylation sites (tertiary alicyclic amines) is 1. The van der Waals surface area contributed by atoms with E-state index in [1.54, 1.807) is 12.1 Å². The molecule has 5 heteroatoms. The van der Waals surface area contributed by atoms with E-state index in [-0.39, 0.29) is 0 Å². The third-order valence-electron chi connectivity index (χ3n) is 3.07. The van der Waals surface area contributed by atoms with Gasteiger partial charge in [-0.1, -0.05) is 11.8 Å². The van der Waals surface area contributed by atoms with Crippen LogP contribution in [0, 0.1) is 0 Å². The summed E-state index contributed by atoms with van der Waals surface area (Å²) in [6, 6.07) is 7.69. The van der Waals surface area contributed by atoms with Crippen LogP contribution in [0.2, 0.25) is 0 Å². The number of rotatable bonds is 4. The molecular weight excluding hydrogens is 254 g/mol. The number of anilines is 1. The molecule has 2 rings (SSSR count). The Labute approximate surface area is 111 Å². The first-order valence-corrected chi connectivity index (χ1v) is 7.01. The Balaban J connectivity index is 1.89. The number of hydrogen-bond acceptors (Lipinski definition) is 3. The molecule has 1 saturated heterocycles. The Bertz CT molecular complexity index is 370. The van der Waals surface area contributed by atoms with Crippen molar-refractivity contribution >= 4 is 17.4 Å². The zero-order valence-corrected chi connectivity index (χ0v) is 11.2. The van der Waals surface area contributed by atoms with E-state index in [9.17, 15) is 8.78 Å². The summed E-state index contributed by atoms with van der Waals surface area (Å²) in [6.07, 6.45) is 2.37. The molecule has 1 atom stereocenters. The molecule has 1 N–H and O–H groups in total. The third kappa shape index (κ3) is 4.14. The van der Waals surface area contributed by atoms with E-state index in [4.69, 9.17) is 0 Å². The molecule has 18 heavy (non-hydrogen) atoms. The molecule has 1 aromatic carbocycles. The van der Waals surface area contributed by atoms with Crippen molar-refractivity contribution in [2.24, 2.45) is 0 Å². The smallest absolute Gasteiger partial charge is 0.288 e. The number of alkyl halides is 2. The van der Waals surface area contributed by atoms with Crippen LogP contribution in [0.1, 0.15) is 12.8 Å². The standard InChI is InChI=1S/C13H18F2N2S/c1-17-8-2-3-11(9-17)16-10-4-6-12(7-5-10)18-13(14)15/h4-7,11,13,16H,2-3,8-9H2,1H3. The average molecular weight is 272 g/mol. The number of piperidine rings is 1. The molecule has 0 aromatic heterocycles. The Morgan fingerprint density at radius 3 is 2.67 bits per heavy atom. The van der Waals surface area contributed by atoms with Gasteiger partial charge in [-0.05, 0) is 50.7 Å². The fraction of sp³-hybridized carbons (Fsp3) is 0.538. The Morgan fingerprint density at radius 1 is 1.33 bits per heavy atom. The van der Waals surface area contributed by atoms with E-state index in [0.717, 1.165) is 25.2 Å². The topological polar surface area (TPSA) is 15.3 Å². The van der Waals surface area contributed by atoms with Crippen molar-refractivity contribution in [2.75, 3.05) is 25.5 Å². The van der Waals surface area contributed by atoms with Crippen molar-refractivity contribution in [3.63, 3.8) is 0 Å². The van der Waals surface area contributed by atoms with E-state index in [0.29, 0.717) is 22.7 Å². The molecule has 1 aromatic rings. The number of benzene rings is 1. The van der Waals surface area contributed by atoms with Crippen molar-refractivity contribution in [3.05, 3.63) is 24.3 Å². The molecular formula is C13H18F2N2S. The minimum absolute atomic E-state index is 0.456. The minimum Gasteiger partial charge on any atom is -0.381 e. The van der Waals surface area contributed by atoms with Crippen LogP contribution in [0.5, 0.6) is 0 Å². The SMILES string of the molecule is CN1CCCC(Nc2ccc(SC(F)F)cc2)C1. The van der Waals surface area contributed by atoms with Crippen molar-refractivity contribution in [1.29, 1.82) is 0 Å². The van der Waals surface area contributed by atoms with Crippen LogP contribution < -0.4 is 5.32 Å². The summed E-state index contributed by atoms with van der Waals surface area (Å²) in [6.45, 7) is 2.19. The highest BCUT2D eigenvalue weighted by atomic mass is 32.2. The van der Waals surface area contributed by atoms with Crippen LogP contribution in [0.15, 0.2) is 29.2 Å². The maximum absolute atomic E-state index is 12.2. The summed E-state index contributed by atoms with van der Waals surface area (Å²) >= 11 is 0.584. The molecule has 0 aliphatic carbocycles. The van der Waals surface area contributed by atoms with Crippen LogP contribution in [-0.2, 0) is 0 Å². The molecule has 1 fully saturated rings. The maximum atomic E-state index is 12.2. The molecule has 0 radical (unpaired) electrons. The third-order valence-corrected chi connectivity index (χ3v) is 3.80. The van der Waals surface area contributed by atoms with Crippen molar-refractivity contribution in [1.82, 2.24) is 4.90 Å². The quantitative estimate of drug-likeness (QED) is 0.844. The predicted molar refractivity (Wildman–Crippen MR) is 72.4 cm³/mol. The van der Waals surface area contributed by atoms with Crippen LogP contribution in [0.25, 0.3) is 0 Å². The first kappa shape index (κ1) is 13.6. The number of hydrogen-bond donors (Lipinski definition) is 1. The van der Waals surface area contributed by atoms with Gasteiger partial charge in [0.2, 0.25) is 0 Å². The van der Waals surface area contributed by atoms with E-state index in [1.165, 1.54) is 6.42 Å². The second-order valence-electron chi connectivity index (χ2n) is 4.65. The van der Waals surface area contributed by atoms with Gasteiger partial charge in [-0.2, -0.15) is 8.78 Å². The molecule has 1 unspecified atom stereocenters. The number of nitrogens with one attached hydrogen (secondary N) is 1. The number of likely N-dealkylation sites (N-methyl/N-ethyl adjacent to an activating group) is 1. The molecule has 0 amide bonds. The molecule has 1 aliphatic rings. The first-order valence-electron chi connectivity index (χ1n) is 6.13. The predicted octanol–water partition coefficient (Wildman–Crippen LogP) is 3.51. The largest absolute Gasteiger partial charge is 0.381 e. The second kappa shape index (κ2) is 6.38. The lowest BCUT2D eigenvalue weighted by Gasteiger charge is -2.30. The van der Waals surface area contributed by atoms with Gasteiger partial charge < -0.3 is 10.2 Å². The number of halogens is 2. The summed E-state index contributed by atoms with van der Waals surface area (Å²) < 4.78 is 24.4. The molecule has 0 saturated carbocycles. The van der Waals surface area contributed by atoms with Crippen LogP contribution in [-0.4, -0.2) is 36.8 Å². The zero-order chi connectivity index (χ0) is 13.0. The summed E-state index contributed by atoms with van der Waals surface area (Å²) in [5.74, 6) is -2.35. The molecule has 1 heterocycles. The summed E-state index contributed by atoms with van der Waals surface area (Å²) in [5.41, 5.74) is 1.01. The fourth-order valence-electron chi connectivity index (χ4n) is 2.25. The Morgan fingerprint density at radius 2 is 2.06 bits per heavy atom. The first-order chi connectivity index (χ1) is 8.63. The normalized spacial score (nSPS) is 21.2. The fourth-order valence-corrected chi connectivity index (χ4v) is 2.75. The number of nitrogens with zero attached hydrogens (tertiary/aromatic N) is 1. The van der Waals surface area contributed by atoms with E-state index in [2.05, 4.69) is 17.3 Å². The van der Waals surface area contributed by atoms with Crippen LogP contribution >= 0.6 is 11.8 Å². The minimum atomic E-state index is -2.35.